The smallest absolute Gasteiger partial charge is 0.387 e. The van der Waals surface area contributed by atoms with E-state index >= 15 is 4.39 Å². The Bertz CT molecular complexity index is 1440. The Balaban J connectivity index is 2.01. The Morgan fingerprint density at radius 3 is 2.50 bits per heavy atom. The molecule has 2 aromatic heterocycles. The molecule has 0 aliphatic carbocycles. The van der Waals surface area contributed by atoms with E-state index in [9.17, 15) is 27.1 Å². The highest BCUT2D eigenvalue weighted by atomic mass is 32.2. The molecular weight excluding hydrogens is 529 g/mol. The topological polar surface area (TPSA) is 147 Å². The number of benzene rings is 1. The van der Waals surface area contributed by atoms with Gasteiger partial charge in [0.25, 0.3) is 0 Å². The van der Waals surface area contributed by atoms with Crippen molar-refractivity contribution >= 4 is 16.0 Å². The number of ether oxygens (including phenoxy) is 2. The average molecular weight is 557 g/mol. The zero-order valence-electron chi connectivity index (χ0n) is 21.0. The number of hydrogen-bond donors (Lipinski definition) is 2. The van der Waals surface area contributed by atoms with Gasteiger partial charge in [0.2, 0.25) is 15.9 Å². The first-order valence-corrected chi connectivity index (χ1v) is 12.8. The summed E-state index contributed by atoms with van der Waals surface area (Å²) in [5, 5.41) is 18.6. The first-order valence-electron chi connectivity index (χ1n) is 11.3. The van der Waals surface area contributed by atoms with Crippen molar-refractivity contribution in [1.29, 1.82) is 0 Å². The van der Waals surface area contributed by atoms with Crippen LogP contribution in [0.2, 0.25) is 0 Å². The molecule has 0 unspecified atom stereocenters. The number of aliphatic carboxylic acids is 1. The van der Waals surface area contributed by atoms with Gasteiger partial charge in [-0.25, -0.2) is 22.9 Å². The second kappa shape index (κ2) is 11.0. The van der Waals surface area contributed by atoms with Crippen molar-refractivity contribution in [2.75, 3.05) is 6.61 Å². The molecule has 0 saturated carbocycles. The van der Waals surface area contributed by atoms with Crippen molar-refractivity contribution in [1.82, 2.24) is 14.8 Å². The van der Waals surface area contributed by atoms with E-state index in [2.05, 4.69) is 14.8 Å². The van der Waals surface area contributed by atoms with E-state index in [1.807, 2.05) is 0 Å². The van der Waals surface area contributed by atoms with Crippen molar-refractivity contribution < 1.29 is 41.0 Å². The summed E-state index contributed by atoms with van der Waals surface area (Å²) in [4.78, 5) is 15.6. The largest absolute Gasteiger partial charge is 0.481 e. The molecule has 10 nitrogen and oxygen atoms in total. The minimum absolute atomic E-state index is 0.0302. The number of pyridine rings is 1. The second-order valence-corrected chi connectivity index (χ2v) is 10.9. The number of hydrogen-bond acceptors (Lipinski definition) is 7. The van der Waals surface area contributed by atoms with E-state index in [1.165, 1.54) is 29.2 Å². The van der Waals surface area contributed by atoms with E-state index < -0.39 is 52.0 Å². The van der Waals surface area contributed by atoms with E-state index in [0.29, 0.717) is 5.56 Å². The molecule has 0 radical (unpaired) electrons. The van der Waals surface area contributed by atoms with Gasteiger partial charge in [-0.05, 0) is 54.2 Å². The van der Waals surface area contributed by atoms with Crippen molar-refractivity contribution in [3.05, 3.63) is 53.7 Å². The molecule has 3 aromatic rings. The predicted octanol–water partition coefficient (Wildman–Crippen LogP) is 3.90. The summed E-state index contributed by atoms with van der Waals surface area (Å²) in [6.07, 6.45) is 3.17. The molecule has 0 amide bonds. The third-order valence-electron chi connectivity index (χ3n) is 5.63. The first-order chi connectivity index (χ1) is 17.6. The number of sulfonamides is 1. The van der Waals surface area contributed by atoms with Crippen LogP contribution >= 0.6 is 0 Å². The van der Waals surface area contributed by atoms with E-state index in [4.69, 9.17) is 9.88 Å². The Morgan fingerprint density at radius 2 is 1.95 bits per heavy atom. The Labute approximate surface area is 217 Å². The Kier molecular flexibility index (Phi) is 8.36. The summed E-state index contributed by atoms with van der Waals surface area (Å²) in [6.45, 7) is 3.35. The van der Waals surface area contributed by atoms with Crippen LogP contribution in [-0.2, 0) is 26.8 Å². The Hall–Kier alpha value is -3.65. The van der Waals surface area contributed by atoms with Crippen molar-refractivity contribution in [2.45, 2.75) is 57.1 Å². The zero-order valence-corrected chi connectivity index (χ0v) is 21.8. The third-order valence-corrected chi connectivity index (χ3v) is 6.49. The summed E-state index contributed by atoms with van der Waals surface area (Å²) in [7, 11) is -3.94. The SMILES string of the molecule is CC(C)c1c(F)c(OC(F)F)cc(-c2ccnc(OCC(C)(C)n3cc(S(N)(=O)=O)cn3)c2)c1CC(=O)O. The van der Waals surface area contributed by atoms with Crippen LogP contribution in [0, 0.1) is 5.82 Å². The van der Waals surface area contributed by atoms with Crippen LogP contribution in [0.5, 0.6) is 11.6 Å². The van der Waals surface area contributed by atoms with Gasteiger partial charge in [0.1, 0.15) is 11.5 Å². The van der Waals surface area contributed by atoms with Gasteiger partial charge in [0.05, 0.1) is 18.2 Å². The second-order valence-electron chi connectivity index (χ2n) is 9.38. The molecule has 2 heterocycles. The molecule has 0 spiro atoms. The van der Waals surface area contributed by atoms with Gasteiger partial charge in [-0.1, -0.05) is 13.8 Å². The third kappa shape index (κ3) is 6.61. The fraction of sp³-hybridized carbons (Fsp3) is 0.375. The number of primary sulfonamides is 1. The number of carboxylic acid groups (broad SMARTS) is 1. The average Bonchev–Trinajstić information content (AvgIpc) is 3.31. The van der Waals surface area contributed by atoms with Crippen LogP contribution in [-0.4, -0.2) is 47.5 Å². The highest BCUT2D eigenvalue weighted by Gasteiger charge is 2.27. The lowest BCUT2D eigenvalue weighted by Crippen LogP contribution is -2.34. The molecule has 0 fully saturated rings. The molecule has 38 heavy (non-hydrogen) atoms. The molecule has 1 aromatic carbocycles. The van der Waals surface area contributed by atoms with Crippen LogP contribution < -0.4 is 14.6 Å². The lowest BCUT2D eigenvalue weighted by atomic mass is 9.87. The number of halogens is 3. The number of alkyl halides is 2. The maximum Gasteiger partial charge on any atom is 0.387 e. The van der Waals surface area contributed by atoms with Crippen molar-refractivity contribution in [3.8, 4) is 22.8 Å². The molecule has 0 bridgehead atoms. The molecule has 0 saturated heterocycles. The monoisotopic (exact) mass is 556 g/mol. The van der Waals surface area contributed by atoms with Gasteiger partial charge in [-0.15, -0.1) is 0 Å². The molecular formula is C24H27F3N4O6S. The fourth-order valence-corrected chi connectivity index (χ4v) is 4.27. The minimum atomic E-state index is -3.94. The van der Waals surface area contributed by atoms with Crippen molar-refractivity contribution in [2.24, 2.45) is 5.14 Å². The normalized spacial score (nSPS) is 12.3. The van der Waals surface area contributed by atoms with E-state index in [1.54, 1.807) is 27.7 Å². The summed E-state index contributed by atoms with van der Waals surface area (Å²) in [5.74, 6) is -3.45. The number of nitrogens with zero attached hydrogens (tertiary/aromatic N) is 3. The number of rotatable bonds is 11. The molecule has 0 atom stereocenters. The predicted molar refractivity (Wildman–Crippen MR) is 130 cm³/mol. The summed E-state index contributed by atoms with van der Waals surface area (Å²) < 4.78 is 75.8. The molecule has 14 heteroatoms. The van der Waals surface area contributed by atoms with E-state index in [-0.39, 0.29) is 34.1 Å². The molecule has 3 N–H and O–H groups in total. The number of carbonyl (C=O) groups is 1. The van der Waals surface area contributed by atoms with Gasteiger partial charge < -0.3 is 14.6 Å². The van der Waals surface area contributed by atoms with Gasteiger partial charge >= 0.3 is 12.6 Å². The standard InChI is InChI=1S/C24H27F3N4O6S/c1-13(2)21-17(9-20(32)33)16(8-18(22(21)25)37-23(26)27)14-5-6-29-19(7-14)36-12-24(3,4)31-11-15(10-30-31)38(28,34)35/h5-8,10-11,13,23H,9,12H2,1-4H3,(H,32,33)(H2,28,34,35). The number of carboxylic acids is 1. The number of aromatic nitrogens is 3. The van der Waals surface area contributed by atoms with Crippen molar-refractivity contribution in [3.63, 3.8) is 0 Å². The lowest BCUT2D eigenvalue weighted by molar-refractivity contribution is -0.136. The lowest BCUT2D eigenvalue weighted by Gasteiger charge is -2.25. The summed E-state index contributed by atoms with van der Waals surface area (Å²) >= 11 is 0. The molecule has 3 rings (SSSR count). The fourth-order valence-electron chi connectivity index (χ4n) is 3.83. The summed E-state index contributed by atoms with van der Waals surface area (Å²) in [5.41, 5.74) is -0.291. The highest BCUT2D eigenvalue weighted by molar-refractivity contribution is 7.89. The maximum absolute atomic E-state index is 15.1. The molecule has 0 aliphatic heterocycles. The Morgan fingerprint density at radius 1 is 1.26 bits per heavy atom. The summed E-state index contributed by atoms with van der Waals surface area (Å²) in [6, 6.07) is 3.98. The van der Waals surface area contributed by atoms with Gasteiger partial charge in [0, 0.05) is 18.5 Å². The van der Waals surface area contributed by atoms with Gasteiger partial charge in [-0.3, -0.25) is 9.48 Å². The quantitative estimate of drug-likeness (QED) is 0.362. The van der Waals surface area contributed by atoms with Gasteiger partial charge in [0.15, 0.2) is 11.6 Å². The number of nitrogens with two attached hydrogens (primary N) is 1. The van der Waals surface area contributed by atoms with Crippen LogP contribution in [0.3, 0.4) is 0 Å². The molecule has 206 valence electrons. The molecule has 0 aliphatic rings. The van der Waals surface area contributed by atoms with Gasteiger partial charge in [-0.2, -0.15) is 13.9 Å². The van der Waals surface area contributed by atoms with Crippen LogP contribution in [0.4, 0.5) is 13.2 Å². The van der Waals surface area contributed by atoms with Crippen LogP contribution in [0.1, 0.15) is 44.7 Å². The van der Waals surface area contributed by atoms with E-state index in [0.717, 1.165) is 12.3 Å². The minimum Gasteiger partial charge on any atom is -0.481 e. The maximum atomic E-state index is 15.1. The zero-order chi connectivity index (χ0) is 28.4. The first kappa shape index (κ1) is 28.9. The highest BCUT2D eigenvalue weighted by Crippen LogP contribution is 2.39. The van der Waals surface area contributed by atoms with Crippen LogP contribution in [0.25, 0.3) is 11.1 Å². The van der Waals surface area contributed by atoms with Crippen LogP contribution in [0.15, 0.2) is 41.7 Å².